The van der Waals surface area contributed by atoms with E-state index >= 15 is 0 Å². The SMILES string of the molecule is C[C@@H]1C[C@@H](C)CN(C(=O)[C@@H]2CCC(=O)N2Cc2cccs2)C1. The van der Waals surface area contributed by atoms with E-state index in [-0.39, 0.29) is 17.9 Å². The molecule has 3 rings (SSSR count). The monoisotopic (exact) mass is 320 g/mol. The molecule has 0 radical (unpaired) electrons. The maximum absolute atomic E-state index is 12.9. The van der Waals surface area contributed by atoms with Crippen LogP contribution >= 0.6 is 11.3 Å². The third-order valence-corrected chi connectivity index (χ3v) is 5.56. The van der Waals surface area contributed by atoms with Gasteiger partial charge in [-0.05, 0) is 36.1 Å². The van der Waals surface area contributed by atoms with Crippen LogP contribution in [-0.4, -0.2) is 40.7 Å². The Bertz CT molecular complexity index is 533. The van der Waals surface area contributed by atoms with Crippen molar-refractivity contribution in [1.82, 2.24) is 9.80 Å². The standard InChI is InChI=1S/C17H24N2O2S/c1-12-8-13(2)10-18(9-12)17(21)15-5-6-16(20)19(15)11-14-4-3-7-22-14/h3-4,7,12-13,15H,5-6,8-11H2,1-2H3/t12-,13-,15+/m1/s1. The molecule has 0 N–H and O–H groups in total. The molecule has 0 unspecified atom stereocenters. The van der Waals surface area contributed by atoms with Crippen molar-refractivity contribution >= 4 is 23.2 Å². The molecule has 5 heteroatoms. The van der Waals surface area contributed by atoms with E-state index in [2.05, 4.69) is 13.8 Å². The summed E-state index contributed by atoms with van der Waals surface area (Å²) in [7, 11) is 0. The molecule has 3 atom stereocenters. The largest absolute Gasteiger partial charge is 0.340 e. The maximum Gasteiger partial charge on any atom is 0.245 e. The van der Waals surface area contributed by atoms with Gasteiger partial charge < -0.3 is 9.80 Å². The second-order valence-electron chi connectivity index (χ2n) is 6.84. The van der Waals surface area contributed by atoms with Crippen LogP contribution in [0.3, 0.4) is 0 Å². The highest BCUT2D eigenvalue weighted by Gasteiger charge is 2.39. The number of amides is 2. The van der Waals surface area contributed by atoms with Gasteiger partial charge in [-0.15, -0.1) is 11.3 Å². The zero-order chi connectivity index (χ0) is 15.7. The van der Waals surface area contributed by atoms with Gasteiger partial charge in [-0.3, -0.25) is 9.59 Å². The molecule has 0 aliphatic carbocycles. The summed E-state index contributed by atoms with van der Waals surface area (Å²) in [6, 6.07) is 3.76. The Labute approximate surface area is 136 Å². The van der Waals surface area contributed by atoms with Crippen LogP contribution in [0.15, 0.2) is 17.5 Å². The topological polar surface area (TPSA) is 40.6 Å². The smallest absolute Gasteiger partial charge is 0.245 e. The van der Waals surface area contributed by atoms with Crippen molar-refractivity contribution in [2.24, 2.45) is 11.8 Å². The first-order valence-electron chi connectivity index (χ1n) is 8.15. The van der Waals surface area contributed by atoms with Gasteiger partial charge in [-0.2, -0.15) is 0 Å². The number of thiophene rings is 1. The van der Waals surface area contributed by atoms with E-state index in [1.54, 1.807) is 16.2 Å². The molecule has 2 aliphatic heterocycles. The predicted octanol–water partition coefficient (Wildman–Crippen LogP) is 2.74. The minimum absolute atomic E-state index is 0.116. The van der Waals surface area contributed by atoms with Crippen LogP contribution in [0.5, 0.6) is 0 Å². The number of carbonyl (C=O) groups excluding carboxylic acids is 2. The lowest BCUT2D eigenvalue weighted by atomic mass is 9.91. The van der Waals surface area contributed by atoms with Crippen molar-refractivity contribution in [2.45, 2.75) is 45.7 Å². The highest BCUT2D eigenvalue weighted by atomic mass is 32.1. The molecule has 0 saturated carbocycles. The molecule has 0 spiro atoms. The van der Waals surface area contributed by atoms with Gasteiger partial charge in [0.2, 0.25) is 11.8 Å². The van der Waals surface area contributed by atoms with Gasteiger partial charge in [-0.25, -0.2) is 0 Å². The molecular formula is C17H24N2O2S. The second kappa shape index (κ2) is 6.41. The Morgan fingerprint density at radius 2 is 2.05 bits per heavy atom. The van der Waals surface area contributed by atoms with Gasteiger partial charge in [-0.1, -0.05) is 19.9 Å². The molecule has 1 aromatic heterocycles. The molecular weight excluding hydrogens is 296 g/mol. The van der Waals surface area contributed by atoms with Crippen molar-refractivity contribution in [3.63, 3.8) is 0 Å². The Morgan fingerprint density at radius 1 is 1.32 bits per heavy atom. The number of likely N-dealkylation sites (tertiary alicyclic amines) is 2. The summed E-state index contributed by atoms with van der Waals surface area (Å²) < 4.78 is 0. The van der Waals surface area contributed by atoms with Crippen molar-refractivity contribution in [2.75, 3.05) is 13.1 Å². The average molecular weight is 320 g/mol. The average Bonchev–Trinajstić information content (AvgIpc) is 3.09. The van der Waals surface area contributed by atoms with Gasteiger partial charge >= 0.3 is 0 Å². The lowest BCUT2D eigenvalue weighted by Crippen LogP contribution is -2.50. The molecule has 120 valence electrons. The molecule has 2 aliphatic rings. The minimum atomic E-state index is -0.257. The van der Waals surface area contributed by atoms with Gasteiger partial charge in [0.15, 0.2) is 0 Å². The van der Waals surface area contributed by atoms with Crippen LogP contribution in [0.25, 0.3) is 0 Å². The van der Waals surface area contributed by atoms with Crippen molar-refractivity contribution in [3.05, 3.63) is 22.4 Å². The van der Waals surface area contributed by atoms with Crippen LogP contribution < -0.4 is 0 Å². The van der Waals surface area contributed by atoms with E-state index < -0.39 is 0 Å². The highest BCUT2D eigenvalue weighted by Crippen LogP contribution is 2.27. The summed E-state index contributed by atoms with van der Waals surface area (Å²) in [6.45, 7) is 6.66. The molecule has 0 aromatic carbocycles. The van der Waals surface area contributed by atoms with Gasteiger partial charge in [0.05, 0.1) is 6.54 Å². The van der Waals surface area contributed by atoms with Gasteiger partial charge in [0, 0.05) is 24.4 Å². The zero-order valence-corrected chi connectivity index (χ0v) is 14.1. The van der Waals surface area contributed by atoms with Gasteiger partial charge in [0.25, 0.3) is 0 Å². The first-order chi connectivity index (χ1) is 10.5. The van der Waals surface area contributed by atoms with E-state index in [0.717, 1.165) is 18.0 Å². The maximum atomic E-state index is 12.9. The summed E-state index contributed by atoms with van der Waals surface area (Å²) in [4.78, 5) is 30.0. The fraction of sp³-hybridized carbons (Fsp3) is 0.647. The summed E-state index contributed by atoms with van der Waals surface area (Å²) in [5.41, 5.74) is 0. The zero-order valence-electron chi connectivity index (χ0n) is 13.3. The minimum Gasteiger partial charge on any atom is -0.340 e. The lowest BCUT2D eigenvalue weighted by molar-refractivity contribution is -0.143. The Hall–Kier alpha value is -1.36. The highest BCUT2D eigenvalue weighted by molar-refractivity contribution is 7.09. The summed E-state index contributed by atoms with van der Waals surface area (Å²) >= 11 is 1.64. The quantitative estimate of drug-likeness (QED) is 0.859. The molecule has 2 amide bonds. The first-order valence-corrected chi connectivity index (χ1v) is 9.03. The van der Waals surface area contributed by atoms with E-state index in [9.17, 15) is 9.59 Å². The number of hydrogen-bond donors (Lipinski definition) is 0. The molecule has 1 aromatic rings. The van der Waals surface area contributed by atoms with E-state index in [1.165, 1.54) is 6.42 Å². The number of hydrogen-bond acceptors (Lipinski definition) is 3. The summed E-state index contributed by atoms with van der Waals surface area (Å²) in [5.74, 6) is 1.37. The van der Waals surface area contributed by atoms with Crippen LogP contribution in [0, 0.1) is 11.8 Å². The number of carbonyl (C=O) groups is 2. The number of piperidine rings is 1. The van der Waals surface area contributed by atoms with Crippen LogP contribution in [0.4, 0.5) is 0 Å². The van der Waals surface area contributed by atoms with E-state index in [4.69, 9.17) is 0 Å². The van der Waals surface area contributed by atoms with E-state index in [0.29, 0.717) is 31.2 Å². The van der Waals surface area contributed by atoms with Crippen molar-refractivity contribution in [1.29, 1.82) is 0 Å². The second-order valence-corrected chi connectivity index (χ2v) is 7.88. The normalized spacial score (nSPS) is 29.2. The Morgan fingerprint density at radius 3 is 2.68 bits per heavy atom. The molecule has 22 heavy (non-hydrogen) atoms. The van der Waals surface area contributed by atoms with Crippen LogP contribution in [0.2, 0.25) is 0 Å². The molecule has 0 bridgehead atoms. The number of rotatable bonds is 3. The fourth-order valence-electron chi connectivity index (χ4n) is 3.81. The summed E-state index contributed by atoms with van der Waals surface area (Å²) in [5, 5.41) is 2.01. The lowest BCUT2D eigenvalue weighted by Gasteiger charge is -2.37. The fourth-order valence-corrected chi connectivity index (χ4v) is 4.52. The predicted molar refractivity (Wildman–Crippen MR) is 87.4 cm³/mol. The molecule has 2 saturated heterocycles. The van der Waals surface area contributed by atoms with Crippen molar-refractivity contribution in [3.8, 4) is 0 Å². The van der Waals surface area contributed by atoms with Crippen LogP contribution in [-0.2, 0) is 16.1 Å². The number of nitrogens with zero attached hydrogens (tertiary/aromatic N) is 2. The third kappa shape index (κ3) is 3.19. The van der Waals surface area contributed by atoms with Gasteiger partial charge in [0.1, 0.15) is 6.04 Å². The van der Waals surface area contributed by atoms with E-state index in [1.807, 2.05) is 22.4 Å². The Balaban J connectivity index is 1.71. The third-order valence-electron chi connectivity index (χ3n) is 4.70. The molecule has 3 heterocycles. The summed E-state index contributed by atoms with van der Waals surface area (Å²) in [6.07, 6.45) is 2.36. The first kappa shape index (κ1) is 15.5. The van der Waals surface area contributed by atoms with Crippen molar-refractivity contribution < 1.29 is 9.59 Å². The van der Waals surface area contributed by atoms with Crippen LogP contribution in [0.1, 0.15) is 38.0 Å². The Kier molecular flexibility index (Phi) is 4.52. The molecule has 2 fully saturated rings. The molecule has 4 nitrogen and oxygen atoms in total.